The van der Waals surface area contributed by atoms with Crippen molar-refractivity contribution in [1.29, 1.82) is 0 Å². The second-order valence-electron chi connectivity index (χ2n) is 6.90. The zero-order valence-corrected chi connectivity index (χ0v) is 19.5. The number of para-hydroxylation sites is 1. The Morgan fingerprint density at radius 1 is 1.00 bits per heavy atom. The Hall–Kier alpha value is -3.80. The molecule has 0 fully saturated rings. The van der Waals surface area contributed by atoms with Crippen LogP contribution >= 0.6 is 22.9 Å². The third-order valence-electron chi connectivity index (χ3n) is 4.64. The number of amides is 1. The Balaban J connectivity index is 1.52. The SMILES string of the molecule is O=C(Nc1nc(-c2ccc([N+](=O)[O-])cc2)cs1)c1ccccc1NS(=O)(=O)c1ccc(Cl)cc1. The van der Waals surface area contributed by atoms with E-state index < -0.39 is 20.9 Å². The highest BCUT2D eigenvalue weighted by Gasteiger charge is 2.19. The Bertz CT molecular complexity index is 1470. The van der Waals surface area contributed by atoms with E-state index in [-0.39, 0.29) is 27.0 Å². The summed E-state index contributed by atoms with van der Waals surface area (Å²) in [6, 6.07) is 17.7. The molecule has 4 aromatic rings. The Morgan fingerprint density at radius 2 is 1.68 bits per heavy atom. The zero-order chi connectivity index (χ0) is 24.3. The van der Waals surface area contributed by atoms with Crippen molar-refractivity contribution in [2.24, 2.45) is 0 Å². The predicted octanol–water partition coefficient (Wildman–Crippen LogP) is 5.42. The molecular weight excluding hydrogens is 500 g/mol. The monoisotopic (exact) mass is 514 g/mol. The van der Waals surface area contributed by atoms with Gasteiger partial charge in [0.1, 0.15) is 0 Å². The van der Waals surface area contributed by atoms with Crippen molar-refractivity contribution in [2.75, 3.05) is 10.0 Å². The molecule has 34 heavy (non-hydrogen) atoms. The molecule has 0 aliphatic heterocycles. The van der Waals surface area contributed by atoms with Crippen LogP contribution in [0.15, 0.2) is 83.1 Å². The highest BCUT2D eigenvalue weighted by molar-refractivity contribution is 7.92. The molecule has 9 nitrogen and oxygen atoms in total. The molecule has 0 radical (unpaired) electrons. The van der Waals surface area contributed by atoms with Gasteiger partial charge in [0, 0.05) is 28.1 Å². The van der Waals surface area contributed by atoms with Gasteiger partial charge in [-0.05, 0) is 48.5 Å². The van der Waals surface area contributed by atoms with Crippen LogP contribution in [0.2, 0.25) is 5.02 Å². The van der Waals surface area contributed by atoms with Crippen molar-refractivity contribution < 1.29 is 18.1 Å². The number of nitrogens with one attached hydrogen (secondary N) is 2. The number of halogens is 1. The first-order chi connectivity index (χ1) is 16.2. The van der Waals surface area contributed by atoms with E-state index in [4.69, 9.17) is 11.6 Å². The van der Waals surface area contributed by atoms with Gasteiger partial charge in [-0.25, -0.2) is 13.4 Å². The maximum Gasteiger partial charge on any atom is 0.269 e. The van der Waals surface area contributed by atoms with Crippen molar-refractivity contribution in [3.8, 4) is 11.3 Å². The number of thiazole rings is 1. The molecule has 0 aliphatic carbocycles. The number of non-ortho nitro benzene ring substituents is 1. The van der Waals surface area contributed by atoms with Gasteiger partial charge < -0.3 is 0 Å². The second-order valence-corrected chi connectivity index (χ2v) is 9.88. The van der Waals surface area contributed by atoms with E-state index in [2.05, 4.69) is 15.0 Å². The van der Waals surface area contributed by atoms with Crippen LogP contribution in [0.1, 0.15) is 10.4 Å². The molecule has 0 spiro atoms. The van der Waals surface area contributed by atoms with E-state index in [1.807, 2.05) is 0 Å². The Kier molecular flexibility index (Phi) is 6.59. The Labute approximate surface area is 203 Å². The maximum atomic E-state index is 12.9. The number of sulfonamides is 1. The standard InChI is InChI=1S/C22H15ClN4O5S2/c23-15-7-11-17(12-8-15)34(31,32)26-19-4-2-1-3-18(19)21(28)25-22-24-20(13-33-22)14-5-9-16(10-6-14)27(29)30/h1-13,26H,(H,24,25,28). The summed E-state index contributed by atoms with van der Waals surface area (Å²) >= 11 is 6.99. The van der Waals surface area contributed by atoms with Crippen molar-refractivity contribution in [3.63, 3.8) is 0 Å². The van der Waals surface area contributed by atoms with Gasteiger partial charge in [0.15, 0.2) is 5.13 Å². The summed E-state index contributed by atoms with van der Waals surface area (Å²) in [5.41, 5.74) is 1.35. The molecule has 3 aromatic carbocycles. The highest BCUT2D eigenvalue weighted by atomic mass is 35.5. The lowest BCUT2D eigenvalue weighted by Gasteiger charge is -2.12. The van der Waals surface area contributed by atoms with Gasteiger partial charge in [0.05, 0.1) is 26.8 Å². The molecule has 1 heterocycles. The van der Waals surface area contributed by atoms with Crippen molar-refractivity contribution in [2.45, 2.75) is 4.90 Å². The first-order valence-corrected chi connectivity index (χ1v) is 12.4. The van der Waals surface area contributed by atoms with Crippen LogP contribution in [0.4, 0.5) is 16.5 Å². The van der Waals surface area contributed by atoms with Crippen LogP contribution in [0, 0.1) is 10.1 Å². The molecule has 0 bridgehead atoms. The summed E-state index contributed by atoms with van der Waals surface area (Å²) in [5, 5.41) is 15.9. The molecule has 1 aromatic heterocycles. The minimum absolute atomic E-state index is 0.000209. The quantitative estimate of drug-likeness (QED) is 0.250. The molecule has 172 valence electrons. The van der Waals surface area contributed by atoms with E-state index in [0.29, 0.717) is 16.3 Å². The summed E-state index contributed by atoms with van der Waals surface area (Å²) in [6.07, 6.45) is 0. The van der Waals surface area contributed by atoms with E-state index in [1.165, 1.54) is 59.9 Å². The molecule has 4 rings (SSSR count). The number of anilines is 2. The van der Waals surface area contributed by atoms with Crippen LogP contribution < -0.4 is 10.0 Å². The van der Waals surface area contributed by atoms with Crippen LogP contribution in [-0.2, 0) is 10.0 Å². The topological polar surface area (TPSA) is 131 Å². The van der Waals surface area contributed by atoms with Gasteiger partial charge >= 0.3 is 0 Å². The van der Waals surface area contributed by atoms with Crippen molar-refractivity contribution in [1.82, 2.24) is 4.98 Å². The summed E-state index contributed by atoms with van der Waals surface area (Å²) < 4.78 is 27.9. The number of hydrogen-bond acceptors (Lipinski definition) is 7. The summed E-state index contributed by atoms with van der Waals surface area (Å²) in [7, 11) is -3.95. The molecule has 2 N–H and O–H groups in total. The van der Waals surface area contributed by atoms with Gasteiger partial charge in [0.25, 0.3) is 21.6 Å². The largest absolute Gasteiger partial charge is 0.298 e. The fourth-order valence-corrected chi connectivity index (χ4v) is 4.89. The number of carbonyl (C=O) groups excluding carboxylic acids is 1. The molecule has 0 atom stereocenters. The molecule has 0 saturated carbocycles. The Morgan fingerprint density at radius 3 is 2.35 bits per heavy atom. The smallest absolute Gasteiger partial charge is 0.269 e. The van der Waals surface area contributed by atoms with E-state index in [9.17, 15) is 23.3 Å². The number of nitro benzene ring substituents is 1. The first-order valence-electron chi connectivity index (χ1n) is 9.62. The number of rotatable bonds is 7. The maximum absolute atomic E-state index is 12.9. The summed E-state index contributed by atoms with van der Waals surface area (Å²) in [6.45, 7) is 0. The lowest BCUT2D eigenvalue weighted by atomic mass is 10.1. The normalized spacial score (nSPS) is 11.1. The van der Waals surface area contributed by atoms with Crippen molar-refractivity contribution >= 4 is 55.4 Å². The third-order valence-corrected chi connectivity index (χ3v) is 7.03. The number of carbonyl (C=O) groups is 1. The molecule has 12 heteroatoms. The van der Waals surface area contributed by atoms with Crippen LogP contribution in [-0.4, -0.2) is 24.2 Å². The van der Waals surface area contributed by atoms with Crippen molar-refractivity contribution in [3.05, 3.63) is 98.9 Å². The average molecular weight is 515 g/mol. The number of hydrogen-bond donors (Lipinski definition) is 2. The molecular formula is C22H15ClN4O5S2. The fraction of sp³-hybridized carbons (Fsp3) is 0. The first kappa shape index (κ1) is 23.4. The number of aromatic nitrogens is 1. The van der Waals surface area contributed by atoms with Gasteiger partial charge in [-0.2, -0.15) is 0 Å². The predicted molar refractivity (Wildman–Crippen MR) is 131 cm³/mol. The van der Waals surface area contributed by atoms with Gasteiger partial charge in [-0.1, -0.05) is 23.7 Å². The van der Waals surface area contributed by atoms with E-state index in [0.717, 1.165) is 0 Å². The minimum Gasteiger partial charge on any atom is -0.298 e. The van der Waals surface area contributed by atoms with Crippen LogP contribution in [0.25, 0.3) is 11.3 Å². The summed E-state index contributed by atoms with van der Waals surface area (Å²) in [5.74, 6) is -0.556. The zero-order valence-electron chi connectivity index (χ0n) is 17.1. The second kappa shape index (κ2) is 9.59. The fourth-order valence-electron chi connectivity index (χ4n) is 2.97. The lowest BCUT2D eigenvalue weighted by Crippen LogP contribution is -2.18. The molecule has 0 saturated heterocycles. The molecule has 0 aliphatic rings. The van der Waals surface area contributed by atoms with Crippen LogP contribution in [0.3, 0.4) is 0 Å². The van der Waals surface area contributed by atoms with Crippen LogP contribution in [0.5, 0.6) is 0 Å². The van der Waals surface area contributed by atoms with Gasteiger partial charge in [-0.15, -0.1) is 11.3 Å². The molecule has 1 amide bonds. The van der Waals surface area contributed by atoms with E-state index >= 15 is 0 Å². The lowest BCUT2D eigenvalue weighted by molar-refractivity contribution is -0.384. The number of nitro groups is 1. The van der Waals surface area contributed by atoms with Gasteiger partial charge in [0.2, 0.25) is 0 Å². The molecule has 0 unspecified atom stereocenters. The van der Waals surface area contributed by atoms with E-state index in [1.54, 1.807) is 29.6 Å². The number of benzene rings is 3. The number of nitrogens with zero attached hydrogens (tertiary/aromatic N) is 2. The third kappa shape index (κ3) is 5.22. The summed E-state index contributed by atoms with van der Waals surface area (Å²) in [4.78, 5) is 27.6. The highest BCUT2D eigenvalue weighted by Crippen LogP contribution is 2.28. The van der Waals surface area contributed by atoms with Gasteiger partial charge in [-0.3, -0.25) is 24.9 Å². The average Bonchev–Trinajstić information content (AvgIpc) is 3.28. The minimum atomic E-state index is -3.95.